The van der Waals surface area contributed by atoms with Gasteiger partial charge in [-0.05, 0) is 25.7 Å². The number of aliphatic hydroxyl groups excluding tert-OH is 1. The molecule has 3 rings (SSSR count). The van der Waals surface area contributed by atoms with E-state index in [-0.39, 0.29) is 6.10 Å². The van der Waals surface area contributed by atoms with E-state index in [0.717, 1.165) is 57.0 Å². The molecule has 0 spiro atoms. The minimum absolute atomic E-state index is 0.310. The van der Waals surface area contributed by atoms with Crippen LogP contribution in [0.2, 0.25) is 0 Å². The monoisotopic (exact) mass is 222 g/mol. The standard InChI is InChI=1S/C12H18N2O2/c15-11-2-1-5-14-10(11)8-13-12(14)9-3-6-16-7-4-9/h8-9,11,15H,1-7H2. The highest BCUT2D eigenvalue weighted by Gasteiger charge is 2.26. The number of imidazole rings is 1. The third-order valence-electron chi connectivity index (χ3n) is 3.70. The number of rotatable bonds is 1. The molecule has 0 bridgehead atoms. The molecule has 1 N–H and O–H groups in total. The van der Waals surface area contributed by atoms with Crippen LogP contribution in [0.5, 0.6) is 0 Å². The molecule has 1 atom stereocenters. The van der Waals surface area contributed by atoms with Crippen LogP contribution in [0.25, 0.3) is 0 Å². The van der Waals surface area contributed by atoms with Gasteiger partial charge in [0.25, 0.3) is 0 Å². The molecular weight excluding hydrogens is 204 g/mol. The van der Waals surface area contributed by atoms with Gasteiger partial charge in [-0.3, -0.25) is 0 Å². The summed E-state index contributed by atoms with van der Waals surface area (Å²) in [5.74, 6) is 1.69. The van der Waals surface area contributed by atoms with Gasteiger partial charge in [-0.1, -0.05) is 0 Å². The molecule has 0 aliphatic carbocycles. The Morgan fingerprint density at radius 1 is 1.31 bits per heavy atom. The highest BCUT2D eigenvalue weighted by Crippen LogP contribution is 2.32. The maximum absolute atomic E-state index is 9.89. The summed E-state index contributed by atoms with van der Waals surface area (Å²) in [6, 6.07) is 0. The Kier molecular flexibility index (Phi) is 2.69. The van der Waals surface area contributed by atoms with Crippen molar-refractivity contribution in [3.05, 3.63) is 17.7 Å². The van der Waals surface area contributed by atoms with E-state index in [1.807, 2.05) is 6.20 Å². The first-order valence-electron chi connectivity index (χ1n) is 6.17. The van der Waals surface area contributed by atoms with Crippen LogP contribution in [0.1, 0.15) is 49.2 Å². The van der Waals surface area contributed by atoms with E-state index in [1.54, 1.807) is 0 Å². The summed E-state index contributed by atoms with van der Waals surface area (Å²) in [7, 11) is 0. The Morgan fingerprint density at radius 3 is 2.94 bits per heavy atom. The van der Waals surface area contributed by atoms with Gasteiger partial charge in [-0.15, -0.1) is 0 Å². The molecule has 4 heteroatoms. The first-order chi connectivity index (χ1) is 7.86. The number of ether oxygens (including phenoxy) is 1. The molecule has 0 radical (unpaired) electrons. The smallest absolute Gasteiger partial charge is 0.112 e. The van der Waals surface area contributed by atoms with Crippen LogP contribution >= 0.6 is 0 Å². The van der Waals surface area contributed by atoms with E-state index in [1.165, 1.54) is 0 Å². The van der Waals surface area contributed by atoms with Gasteiger partial charge in [0.2, 0.25) is 0 Å². The Morgan fingerprint density at radius 2 is 2.12 bits per heavy atom. The molecule has 0 aromatic carbocycles. The average Bonchev–Trinajstić information content (AvgIpc) is 2.75. The lowest BCUT2D eigenvalue weighted by molar-refractivity contribution is 0.0816. The normalized spacial score (nSPS) is 26.7. The predicted octanol–water partition coefficient (Wildman–Crippen LogP) is 1.60. The second-order valence-corrected chi connectivity index (χ2v) is 4.74. The van der Waals surface area contributed by atoms with E-state index < -0.39 is 0 Å². The van der Waals surface area contributed by atoms with Gasteiger partial charge in [0.1, 0.15) is 5.82 Å². The van der Waals surface area contributed by atoms with Crippen LogP contribution in [0.4, 0.5) is 0 Å². The minimum atomic E-state index is -0.310. The summed E-state index contributed by atoms with van der Waals surface area (Å²) < 4.78 is 7.60. The summed E-state index contributed by atoms with van der Waals surface area (Å²) in [5.41, 5.74) is 1.01. The molecule has 3 heterocycles. The van der Waals surface area contributed by atoms with Crippen molar-refractivity contribution in [2.24, 2.45) is 0 Å². The van der Waals surface area contributed by atoms with Gasteiger partial charge in [-0.25, -0.2) is 4.98 Å². The Hall–Kier alpha value is -0.870. The maximum Gasteiger partial charge on any atom is 0.112 e. The first kappa shape index (κ1) is 10.3. The summed E-state index contributed by atoms with van der Waals surface area (Å²) in [6.07, 6.45) is 5.60. The molecule has 88 valence electrons. The first-order valence-corrected chi connectivity index (χ1v) is 6.17. The lowest BCUT2D eigenvalue weighted by Crippen LogP contribution is -2.22. The largest absolute Gasteiger partial charge is 0.387 e. The summed E-state index contributed by atoms with van der Waals surface area (Å²) in [5, 5.41) is 9.89. The topological polar surface area (TPSA) is 47.3 Å². The lowest BCUT2D eigenvalue weighted by atomic mass is 9.98. The summed E-state index contributed by atoms with van der Waals surface area (Å²) >= 11 is 0. The Bertz CT molecular complexity index is 369. The number of hydrogen-bond acceptors (Lipinski definition) is 3. The van der Waals surface area contributed by atoms with Crippen LogP contribution in [-0.2, 0) is 11.3 Å². The molecule has 16 heavy (non-hydrogen) atoms. The van der Waals surface area contributed by atoms with E-state index in [4.69, 9.17) is 4.74 Å². The van der Waals surface area contributed by atoms with Crippen molar-refractivity contribution in [2.45, 2.75) is 44.2 Å². The summed E-state index contributed by atoms with van der Waals surface area (Å²) in [4.78, 5) is 4.52. The predicted molar refractivity (Wildman–Crippen MR) is 59.2 cm³/mol. The highest BCUT2D eigenvalue weighted by molar-refractivity contribution is 5.14. The second kappa shape index (κ2) is 4.18. The molecule has 2 aliphatic heterocycles. The molecule has 1 unspecified atom stereocenters. The molecule has 4 nitrogen and oxygen atoms in total. The van der Waals surface area contributed by atoms with Crippen molar-refractivity contribution >= 4 is 0 Å². The van der Waals surface area contributed by atoms with Crippen LogP contribution in [-0.4, -0.2) is 27.9 Å². The van der Waals surface area contributed by atoms with Gasteiger partial charge in [-0.2, -0.15) is 0 Å². The zero-order valence-corrected chi connectivity index (χ0v) is 9.43. The van der Waals surface area contributed by atoms with Gasteiger partial charge in [0.15, 0.2) is 0 Å². The zero-order chi connectivity index (χ0) is 11.0. The maximum atomic E-state index is 9.89. The molecule has 1 fully saturated rings. The second-order valence-electron chi connectivity index (χ2n) is 4.74. The lowest BCUT2D eigenvalue weighted by Gasteiger charge is -2.26. The Balaban J connectivity index is 1.89. The third-order valence-corrected chi connectivity index (χ3v) is 3.70. The van der Waals surface area contributed by atoms with Crippen LogP contribution in [0, 0.1) is 0 Å². The molecule has 0 saturated carbocycles. The number of fused-ring (bicyclic) bond motifs is 1. The quantitative estimate of drug-likeness (QED) is 0.785. The van der Waals surface area contributed by atoms with E-state index >= 15 is 0 Å². The molecule has 1 aromatic rings. The minimum Gasteiger partial charge on any atom is -0.387 e. The van der Waals surface area contributed by atoms with E-state index in [2.05, 4.69) is 9.55 Å². The van der Waals surface area contributed by atoms with Gasteiger partial charge >= 0.3 is 0 Å². The van der Waals surface area contributed by atoms with Crippen molar-refractivity contribution < 1.29 is 9.84 Å². The van der Waals surface area contributed by atoms with Crippen molar-refractivity contribution in [2.75, 3.05) is 13.2 Å². The molecule has 1 saturated heterocycles. The fourth-order valence-corrected chi connectivity index (χ4v) is 2.79. The fourth-order valence-electron chi connectivity index (χ4n) is 2.79. The van der Waals surface area contributed by atoms with Crippen LogP contribution in [0.3, 0.4) is 0 Å². The molecular formula is C12H18N2O2. The molecule has 2 aliphatic rings. The van der Waals surface area contributed by atoms with E-state index in [9.17, 15) is 5.11 Å². The van der Waals surface area contributed by atoms with Crippen molar-refractivity contribution in [3.63, 3.8) is 0 Å². The average molecular weight is 222 g/mol. The fraction of sp³-hybridized carbons (Fsp3) is 0.750. The van der Waals surface area contributed by atoms with Crippen molar-refractivity contribution in [1.29, 1.82) is 0 Å². The Labute approximate surface area is 95.3 Å². The zero-order valence-electron chi connectivity index (χ0n) is 9.43. The number of aliphatic hydroxyl groups is 1. The third kappa shape index (κ3) is 1.66. The molecule has 1 aromatic heterocycles. The number of hydrogen-bond donors (Lipinski definition) is 1. The molecule has 0 amide bonds. The van der Waals surface area contributed by atoms with Gasteiger partial charge < -0.3 is 14.4 Å². The highest BCUT2D eigenvalue weighted by atomic mass is 16.5. The van der Waals surface area contributed by atoms with Crippen molar-refractivity contribution in [3.8, 4) is 0 Å². The van der Waals surface area contributed by atoms with Gasteiger partial charge in [0, 0.05) is 25.7 Å². The summed E-state index contributed by atoms with van der Waals surface area (Å²) in [6.45, 7) is 2.70. The number of aromatic nitrogens is 2. The number of nitrogens with zero attached hydrogens (tertiary/aromatic N) is 2. The van der Waals surface area contributed by atoms with E-state index in [0.29, 0.717) is 5.92 Å². The SMILES string of the molecule is OC1CCCn2c1cnc2C1CCOCC1. The van der Waals surface area contributed by atoms with Crippen LogP contribution in [0.15, 0.2) is 6.20 Å². The van der Waals surface area contributed by atoms with Crippen molar-refractivity contribution in [1.82, 2.24) is 9.55 Å². The van der Waals surface area contributed by atoms with Gasteiger partial charge in [0.05, 0.1) is 18.0 Å². The van der Waals surface area contributed by atoms with Crippen LogP contribution < -0.4 is 0 Å².